The van der Waals surface area contributed by atoms with Crippen LogP contribution in [0.4, 0.5) is 11.6 Å². The highest BCUT2D eigenvalue weighted by molar-refractivity contribution is 5.47. The van der Waals surface area contributed by atoms with E-state index in [4.69, 9.17) is 4.74 Å². The first kappa shape index (κ1) is 15.7. The van der Waals surface area contributed by atoms with E-state index in [1.165, 1.54) is 0 Å². The van der Waals surface area contributed by atoms with Gasteiger partial charge in [0.15, 0.2) is 5.82 Å². The van der Waals surface area contributed by atoms with Crippen LogP contribution in [0, 0.1) is 0 Å². The van der Waals surface area contributed by atoms with E-state index in [2.05, 4.69) is 46.5 Å². The first-order chi connectivity index (χ1) is 9.05. The lowest BCUT2D eigenvalue weighted by Gasteiger charge is -2.19. The van der Waals surface area contributed by atoms with Crippen molar-refractivity contribution in [2.75, 3.05) is 44.9 Å². The van der Waals surface area contributed by atoms with E-state index >= 15 is 0 Å². The fourth-order valence-corrected chi connectivity index (χ4v) is 1.80. The average Bonchev–Trinajstić information content (AvgIpc) is 2.34. The summed E-state index contributed by atoms with van der Waals surface area (Å²) in [7, 11) is 5.95. The van der Waals surface area contributed by atoms with Gasteiger partial charge in [-0.2, -0.15) is 0 Å². The van der Waals surface area contributed by atoms with E-state index in [9.17, 15) is 0 Å². The summed E-state index contributed by atoms with van der Waals surface area (Å²) >= 11 is 0. The van der Waals surface area contributed by atoms with Gasteiger partial charge in [0, 0.05) is 32.3 Å². The Morgan fingerprint density at radius 2 is 2.00 bits per heavy atom. The average molecular weight is 267 g/mol. The van der Waals surface area contributed by atoms with Gasteiger partial charge in [0.1, 0.15) is 18.2 Å². The van der Waals surface area contributed by atoms with Gasteiger partial charge in [-0.3, -0.25) is 0 Å². The Kier molecular flexibility index (Phi) is 6.52. The molecule has 0 spiro atoms. The van der Waals surface area contributed by atoms with Crippen LogP contribution in [0.2, 0.25) is 0 Å². The van der Waals surface area contributed by atoms with Gasteiger partial charge >= 0.3 is 0 Å². The van der Waals surface area contributed by atoms with Crippen molar-refractivity contribution in [3.05, 3.63) is 11.9 Å². The third kappa shape index (κ3) is 5.85. The van der Waals surface area contributed by atoms with Gasteiger partial charge in [0.2, 0.25) is 0 Å². The van der Waals surface area contributed by atoms with Crippen LogP contribution >= 0.6 is 0 Å². The highest BCUT2D eigenvalue weighted by Gasteiger charge is 2.08. The molecule has 0 bridgehead atoms. The molecule has 1 heterocycles. The fraction of sp³-hybridized carbons (Fsp3) is 0.692. The summed E-state index contributed by atoms with van der Waals surface area (Å²) in [5.41, 5.74) is 0. The molecule has 1 unspecified atom stereocenters. The maximum absolute atomic E-state index is 5.35. The molecular formula is C13H25N5O. The van der Waals surface area contributed by atoms with Crippen LogP contribution in [-0.4, -0.2) is 55.2 Å². The normalized spacial score (nSPS) is 12.5. The Morgan fingerprint density at radius 1 is 1.32 bits per heavy atom. The third-order valence-corrected chi connectivity index (χ3v) is 2.50. The highest BCUT2D eigenvalue weighted by Crippen LogP contribution is 2.12. The van der Waals surface area contributed by atoms with E-state index in [1.54, 1.807) is 0 Å². The summed E-state index contributed by atoms with van der Waals surface area (Å²) in [5, 5.41) is 6.42. The van der Waals surface area contributed by atoms with Gasteiger partial charge < -0.3 is 20.3 Å². The zero-order valence-electron chi connectivity index (χ0n) is 12.5. The minimum absolute atomic E-state index is 0.314. The molecule has 1 rings (SSSR count). The molecule has 108 valence electrons. The molecule has 1 aromatic heterocycles. The minimum Gasteiger partial charge on any atom is -0.374 e. The van der Waals surface area contributed by atoms with Crippen molar-refractivity contribution in [1.29, 1.82) is 0 Å². The van der Waals surface area contributed by atoms with Crippen molar-refractivity contribution in [3.63, 3.8) is 0 Å². The largest absolute Gasteiger partial charge is 0.374 e. The lowest BCUT2D eigenvalue weighted by Crippen LogP contribution is -2.30. The van der Waals surface area contributed by atoms with Crippen LogP contribution in [0.3, 0.4) is 0 Å². The third-order valence-electron chi connectivity index (χ3n) is 2.50. The summed E-state index contributed by atoms with van der Waals surface area (Å²) in [6.07, 6.45) is 0. The van der Waals surface area contributed by atoms with Gasteiger partial charge in [-0.15, -0.1) is 0 Å². The summed E-state index contributed by atoms with van der Waals surface area (Å²) < 4.78 is 5.35. The van der Waals surface area contributed by atoms with Crippen LogP contribution < -0.4 is 10.6 Å². The fourth-order valence-electron chi connectivity index (χ4n) is 1.80. The number of hydrogen-bond acceptors (Lipinski definition) is 6. The number of nitrogens with one attached hydrogen (secondary N) is 2. The van der Waals surface area contributed by atoms with Gasteiger partial charge in [-0.1, -0.05) is 0 Å². The number of likely N-dealkylation sites (N-methyl/N-ethyl adjacent to an activating group) is 1. The predicted octanol–water partition coefficient (Wildman–Crippen LogP) is 1.42. The second-order valence-corrected chi connectivity index (χ2v) is 4.75. The maximum Gasteiger partial charge on any atom is 0.158 e. The van der Waals surface area contributed by atoms with Crippen LogP contribution in [-0.2, 0) is 11.3 Å². The summed E-state index contributed by atoms with van der Waals surface area (Å²) in [4.78, 5) is 11.0. The zero-order valence-corrected chi connectivity index (χ0v) is 12.5. The van der Waals surface area contributed by atoms with Crippen LogP contribution in [0.1, 0.15) is 19.7 Å². The Labute approximate surface area is 115 Å². The smallest absolute Gasteiger partial charge is 0.158 e. The van der Waals surface area contributed by atoms with Crippen molar-refractivity contribution in [2.45, 2.75) is 26.5 Å². The number of nitrogens with zero attached hydrogens (tertiary/aromatic N) is 3. The van der Waals surface area contributed by atoms with Crippen molar-refractivity contribution in [1.82, 2.24) is 14.9 Å². The summed E-state index contributed by atoms with van der Waals surface area (Å²) in [6.45, 7) is 6.12. The zero-order chi connectivity index (χ0) is 14.3. The van der Waals surface area contributed by atoms with Gasteiger partial charge in [0.05, 0.1) is 0 Å². The van der Waals surface area contributed by atoms with Crippen LogP contribution in [0.5, 0.6) is 0 Å². The quantitative estimate of drug-likeness (QED) is 0.743. The molecule has 0 radical (unpaired) electrons. The predicted molar refractivity (Wildman–Crippen MR) is 78.5 cm³/mol. The van der Waals surface area contributed by atoms with Crippen molar-refractivity contribution >= 4 is 11.6 Å². The van der Waals surface area contributed by atoms with Crippen molar-refractivity contribution in [3.8, 4) is 0 Å². The van der Waals surface area contributed by atoms with Crippen LogP contribution in [0.25, 0.3) is 0 Å². The molecule has 1 aromatic rings. The molecule has 0 aliphatic rings. The Balaban J connectivity index is 2.75. The van der Waals surface area contributed by atoms with Gasteiger partial charge in [-0.05, 0) is 27.9 Å². The van der Waals surface area contributed by atoms with E-state index in [0.29, 0.717) is 25.1 Å². The standard InChI is InChI=1S/C13H25N5O/c1-6-19-9-13-16-11(14-3)7-12(17-13)15-10(2)8-18(4)5/h7,10H,6,8-9H2,1-5H3,(H2,14,15,16,17). The number of aromatic nitrogens is 2. The topological polar surface area (TPSA) is 62.3 Å². The first-order valence-electron chi connectivity index (χ1n) is 6.59. The molecule has 1 atom stereocenters. The van der Waals surface area contributed by atoms with E-state index in [-0.39, 0.29) is 0 Å². The molecular weight excluding hydrogens is 242 g/mol. The molecule has 0 saturated heterocycles. The number of rotatable bonds is 8. The Bertz CT molecular complexity index is 383. The lowest BCUT2D eigenvalue weighted by molar-refractivity contribution is 0.128. The molecule has 0 aromatic carbocycles. The van der Waals surface area contributed by atoms with Crippen LogP contribution in [0.15, 0.2) is 6.07 Å². The minimum atomic E-state index is 0.314. The van der Waals surface area contributed by atoms with Crippen molar-refractivity contribution < 1.29 is 4.74 Å². The highest BCUT2D eigenvalue weighted by atomic mass is 16.5. The lowest BCUT2D eigenvalue weighted by atomic mass is 10.3. The molecule has 19 heavy (non-hydrogen) atoms. The van der Waals surface area contributed by atoms with Crippen molar-refractivity contribution in [2.24, 2.45) is 0 Å². The molecule has 0 saturated carbocycles. The monoisotopic (exact) mass is 267 g/mol. The summed E-state index contributed by atoms with van der Waals surface area (Å²) in [5.74, 6) is 2.31. The molecule has 0 amide bonds. The second-order valence-electron chi connectivity index (χ2n) is 4.75. The van der Waals surface area contributed by atoms with Gasteiger partial charge in [-0.25, -0.2) is 9.97 Å². The molecule has 0 aliphatic heterocycles. The van der Waals surface area contributed by atoms with E-state index in [0.717, 1.165) is 18.2 Å². The number of hydrogen-bond donors (Lipinski definition) is 2. The number of ether oxygens (including phenoxy) is 1. The molecule has 6 heteroatoms. The molecule has 0 aliphatic carbocycles. The Morgan fingerprint density at radius 3 is 2.58 bits per heavy atom. The van der Waals surface area contributed by atoms with E-state index < -0.39 is 0 Å². The molecule has 0 fully saturated rings. The Hall–Kier alpha value is -1.40. The summed E-state index contributed by atoms with van der Waals surface area (Å²) in [6, 6.07) is 2.22. The maximum atomic E-state index is 5.35. The second kappa shape index (κ2) is 7.91. The van der Waals surface area contributed by atoms with Gasteiger partial charge in [0.25, 0.3) is 0 Å². The SMILES string of the molecule is CCOCc1nc(NC)cc(NC(C)CN(C)C)n1. The number of anilines is 2. The molecule has 6 nitrogen and oxygen atoms in total. The van der Waals surface area contributed by atoms with E-state index in [1.807, 2.05) is 20.0 Å². The molecule has 2 N–H and O–H groups in total. The first-order valence-corrected chi connectivity index (χ1v) is 6.59.